The Hall–Kier alpha value is -2.74. The van der Waals surface area contributed by atoms with Gasteiger partial charge in [-0.2, -0.15) is 4.31 Å². The van der Waals surface area contributed by atoms with Gasteiger partial charge in [0.2, 0.25) is 27.6 Å². The highest BCUT2D eigenvalue weighted by molar-refractivity contribution is 7.89. The van der Waals surface area contributed by atoms with E-state index >= 15 is 0 Å². The molecule has 248 valence electrons. The zero-order valence-corrected chi connectivity index (χ0v) is 27.7. The van der Waals surface area contributed by atoms with Crippen LogP contribution in [-0.2, 0) is 29.2 Å². The van der Waals surface area contributed by atoms with E-state index in [0.29, 0.717) is 25.9 Å². The van der Waals surface area contributed by atoms with Gasteiger partial charge in [-0.1, -0.05) is 60.8 Å². The maximum Gasteiger partial charge on any atom is 0.315 e. The van der Waals surface area contributed by atoms with Crippen LogP contribution in [0, 0.1) is 28.6 Å². The summed E-state index contributed by atoms with van der Waals surface area (Å²) in [5, 5.41) is 8.49. The molecule has 14 heteroatoms. The van der Waals surface area contributed by atoms with Crippen LogP contribution >= 0.6 is 0 Å². The first-order valence-corrected chi connectivity index (χ1v) is 17.4. The van der Waals surface area contributed by atoms with E-state index in [1.54, 1.807) is 0 Å². The van der Waals surface area contributed by atoms with E-state index < -0.39 is 74.6 Å². The number of amides is 5. The van der Waals surface area contributed by atoms with Crippen molar-refractivity contribution in [3.05, 3.63) is 0 Å². The van der Waals surface area contributed by atoms with Gasteiger partial charge in [-0.05, 0) is 47.8 Å². The Labute approximate surface area is 260 Å². The fourth-order valence-corrected chi connectivity index (χ4v) is 8.07. The van der Waals surface area contributed by atoms with Crippen molar-refractivity contribution in [2.24, 2.45) is 34.3 Å². The van der Waals surface area contributed by atoms with Crippen molar-refractivity contribution in [2.45, 2.75) is 104 Å². The molecule has 5 N–H and O–H groups in total. The molecule has 2 saturated carbocycles. The van der Waals surface area contributed by atoms with Crippen molar-refractivity contribution in [3.8, 4) is 0 Å². The second-order valence-corrected chi connectivity index (χ2v) is 17.4. The second kappa shape index (κ2) is 12.6. The van der Waals surface area contributed by atoms with Crippen molar-refractivity contribution in [1.29, 1.82) is 0 Å². The summed E-state index contributed by atoms with van der Waals surface area (Å²) < 4.78 is 26.3. The highest BCUT2D eigenvalue weighted by Gasteiger charge is 2.58. The van der Waals surface area contributed by atoms with Crippen molar-refractivity contribution < 1.29 is 32.4 Å². The number of hydrogen-bond acceptors (Lipinski definition) is 7. The normalized spacial score (nSPS) is 27.0. The van der Waals surface area contributed by atoms with Gasteiger partial charge in [-0.25, -0.2) is 13.2 Å². The van der Waals surface area contributed by atoms with Crippen molar-refractivity contribution in [3.63, 3.8) is 0 Å². The first kappa shape index (κ1) is 34.1. The average Bonchev–Trinajstić information content (AvgIpc) is 3.40. The van der Waals surface area contributed by atoms with E-state index in [2.05, 4.69) is 16.0 Å². The van der Waals surface area contributed by atoms with Crippen LogP contribution in [0.5, 0.6) is 0 Å². The molecule has 5 amide bonds. The van der Waals surface area contributed by atoms with Gasteiger partial charge in [0.1, 0.15) is 12.1 Å². The second-order valence-electron chi connectivity index (χ2n) is 15.3. The highest BCUT2D eigenvalue weighted by atomic mass is 32.2. The molecule has 0 aromatic carbocycles. The number of urea groups is 1. The summed E-state index contributed by atoms with van der Waals surface area (Å²) >= 11 is 0. The third-order valence-electron chi connectivity index (χ3n) is 9.70. The number of rotatable bonds is 11. The molecule has 6 atom stereocenters. The fraction of sp³-hybridized carbons (Fsp3) is 0.833. The number of carbonyl (C=O) groups excluding carboxylic acids is 5. The smallest absolute Gasteiger partial charge is 0.315 e. The van der Waals surface area contributed by atoms with Crippen molar-refractivity contribution in [1.82, 2.24) is 25.2 Å². The molecule has 2 saturated heterocycles. The number of nitrogens with zero attached hydrogens (tertiary/aromatic N) is 2. The molecule has 13 nitrogen and oxygen atoms in total. The minimum Gasteiger partial charge on any atom is -0.363 e. The Morgan fingerprint density at radius 2 is 1.59 bits per heavy atom. The molecule has 1 unspecified atom stereocenters. The summed E-state index contributed by atoms with van der Waals surface area (Å²) in [6.07, 6.45) is 4.52. The molecular weight excluding hydrogens is 588 g/mol. The zero-order chi connectivity index (χ0) is 32.8. The van der Waals surface area contributed by atoms with Crippen LogP contribution in [0.3, 0.4) is 0 Å². The Kier molecular flexibility index (Phi) is 9.75. The summed E-state index contributed by atoms with van der Waals surface area (Å²) in [4.78, 5) is 66.9. The number of likely N-dealkylation sites (tertiary alicyclic amines) is 1. The lowest BCUT2D eigenvalue weighted by atomic mass is 9.80. The quantitative estimate of drug-likeness (QED) is 0.240. The molecular formula is C30H50N6O7S. The van der Waals surface area contributed by atoms with Gasteiger partial charge in [0.15, 0.2) is 0 Å². The van der Waals surface area contributed by atoms with Crippen LogP contribution in [-0.4, -0.2) is 96.7 Å². The molecule has 0 radical (unpaired) electrons. The molecule has 0 aromatic rings. The number of nitrogens with one attached hydrogen (secondary N) is 3. The van der Waals surface area contributed by atoms with Gasteiger partial charge >= 0.3 is 6.03 Å². The van der Waals surface area contributed by atoms with Crippen LogP contribution in [0.25, 0.3) is 0 Å². The van der Waals surface area contributed by atoms with E-state index in [-0.39, 0.29) is 30.1 Å². The molecule has 2 aliphatic heterocycles. The van der Waals surface area contributed by atoms with E-state index in [4.69, 9.17) is 5.73 Å². The predicted molar refractivity (Wildman–Crippen MR) is 163 cm³/mol. The average molecular weight is 639 g/mol. The number of primary amides is 1. The minimum absolute atomic E-state index is 0.0610. The zero-order valence-electron chi connectivity index (χ0n) is 26.9. The predicted octanol–water partition coefficient (Wildman–Crippen LogP) is 0.727. The maximum atomic E-state index is 14.1. The van der Waals surface area contributed by atoms with E-state index in [0.717, 1.165) is 25.7 Å². The first-order chi connectivity index (χ1) is 20.3. The van der Waals surface area contributed by atoms with Crippen LogP contribution in [0.1, 0.15) is 80.1 Å². The molecule has 0 bridgehead atoms. The SMILES string of the molecule is CC(C)(C)[C@H](NC(=O)N[C@H](CN1CCCS1(=O)=O)C(C)(C)C)C(=O)N1C[C@@H]2C[C@@H]2[C@H]1C(=O)NC(CC1CCC1)C(=O)C(N)=O. The molecule has 2 aliphatic carbocycles. The molecule has 0 spiro atoms. The summed E-state index contributed by atoms with van der Waals surface area (Å²) in [6.45, 7) is 12.1. The highest BCUT2D eigenvalue weighted by Crippen LogP contribution is 2.50. The van der Waals surface area contributed by atoms with Crippen LogP contribution < -0.4 is 21.7 Å². The standard InChI is InChI=1S/C30H50N6O7S/c1-29(2,3)21(16-35-11-8-12-44(35,42)43)33-28(41)34-24(30(4,5)6)27(40)36-15-18-14-19(18)22(36)26(39)32-20(23(37)25(31)38)13-17-9-7-10-17/h17-22,24H,7-16H2,1-6H3,(H2,31,38)(H,32,39)(H2,33,34,41)/t18-,19-,20?,21+,22-,24+/m0/s1. The van der Waals surface area contributed by atoms with E-state index in [9.17, 15) is 32.4 Å². The topological polar surface area (TPSA) is 188 Å². The Bertz CT molecular complexity index is 1270. The molecule has 0 aromatic heterocycles. The van der Waals surface area contributed by atoms with Gasteiger partial charge in [0, 0.05) is 25.7 Å². The summed E-state index contributed by atoms with van der Waals surface area (Å²) in [5.74, 6) is -2.44. The maximum absolute atomic E-state index is 14.1. The summed E-state index contributed by atoms with van der Waals surface area (Å²) in [6, 6.07) is -3.98. The largest absolute Gasteiger partial charge is 0.363 e. The van der Waals surface area contributed by atoms with Gasteiger partial charge in [0.05, 0.1) is 11.8 Å². The van der Waals surface area contributed by atoms with Gasteiger partial charge in [-0.3, -0.25) is 19.2 Å². The Morgan fingerprint density at radius 1 is 0.932 bits per heavy atom. The lowest BCUT2D eigenvalue weighted by Gasteiger charge is -2.38. The van der Waals surface area contributed by atoms with Crippen molar-refractivity contribution >= 4 is 39.6 Å². The number of ketones is 1. The minimum atomic E-state index is -3.37. The lowest BCUT2D eigenvalue weighted by Crippen LogP contribution is -2.62. The van der Waals surface area contributed by atoms with Gasteiger partial charge in [-0.15, -0.1) is 0 Å². The monoisotopic (exact) mass is 638 g/mol. The molecule has 44 heavy (non-hydrogen) atoms. The van der Waals surface area contributed by atoms with Gasteiger partial charge in [0.25, 0.3) is 5.91 Å². The number of nitrogens with two attached hydrogens (primary N) is 1. The summed E-state index contributed by atoms with van der Waals surface area (Å²) in [7, 11) is -3.37. The van der Waals surface area contributed by atoms with Crippen molar-refractivity contribution in [2.75, 3.05) is 25.4 Å². The lowest BCUT2D eigenvalue weighted by molar-refractivity contribution is -0.144. The number of Topliss-reactive ketones (excluding diaryl/α,β-unsaturated/α-hetero) is 1. The third kappa shape index (κ3) is 7.72. The van der Waals surface area contributed by atoms with E-state index in [1.165, 1.54) is 9.21 Å². The fourth-order valence-electron chi connectivity index (χ4n) is 6.53. The van der Waals surface area contributed by atoms with Crippen LogP contribution in [0.4, 0.5) is 4.79 Å². The number of sulfonamides is 1. The number of hydrogen-bond donors (Lipinski definition) is 4. The number of piperidine rings is 1. The Morgan fingerprint density at radius 3 is 2.09 bits per heavy atom. The van der Waals surface area contributed by atoms with E-state index in [1.807, 2.05) is 41.5 Å². The molecule has 4 rings (SSSR count). The third-order valence-corrected chi connectivity index (χ3v) is 11.6. The van der Waals surface area contributed by atoms with Crippen LogP contribution in [0.15, 0.2) is 0 Å². The van der Waals surface area contributed by atoms with Crippen LogP contribution in [0.2, 0.25) is 0 Å². The summed E-state index contributed by atoms with van der Waals surface area (Å²) in [5.41, 5.74) is 4.08. The molecule has 4 aliphatic rings. The Balaban J connectivity index is 1.47. The molecule has 4 fully saturated rings. The first-order valence-electron chi connectivity index (χ1n) is 15.8. The molecule has 2 heterocycles. The number of fused-ring (bicyclic) bond motifs is 1. The number of carbonyl (C=O) groups is 5. The van der Waals surface area contributed by atoms with Gasteiger partial charge < -0.3 is 26.6 Å².